The highest BCUT2D eigenvalue weighted by molar-refractivity contribution is 5.51. The molecule has 0 amide bonds. The van der Waals surface area contributed by atoms with Crippen LogP contribution in [0.1, 0.15) is 208 Å². The molecule has 4 heteroatoms. The Morgan fingerprint density at radius 1 is 0.326 bits per heavy atom. The quantitative estimate of drug-likeness (QED) is 0.266. The molecule has 4 fully saturated rings. The second kappa shape index (κ2) is 11.3. The van der Waals surface area contributed by atoms with Crippen LogP contribution in [0.25, 0.3) is 0 Å². The molecule has 0 bridgehead atoms. The molecule has 0 unspecified atom stereocenters. The Kier molecular flexibility index (Phi) is 8.92. The van der Waals surface area contributed by atoms with Gasteiger partial charge in [-0.15, -0.1) is 0 Å². The van der Waals surface area contributed by atoms with Crippen LogP contribution in [0.2, 0.25) is 0 Å². The molecule has 46 heavy (non-hydrogen) atoms. The van der Waals surface area contributed by atoms with E-state index in [9.17, 15) is 0 Å². The van der Waals surface area contributed by atoms with Crippen molar-refractivity contribution in [3.63, 3.8) is 0 Å². The third kappa shape index (κ3) is 8.26. The third-order valence-electron chi connectivity index (χ3n) is 11.8. The Bertz CT molecular complexity index is 1130. The van der Waals surface area contributed by atoms with Gasteiger partial charge in [-0.25, -0.2) is 0 Å². The van der Waals surface area contributed by atoms with Crippen LogP contribution in [0.15, 0.2) is 12.1 Å². The Hall–Kier alpha value is -0.940. The maximum Gasteiger partial charge on any atom is 0.0135 e. The lowest BCUT2D eigenvalue weighted by Gasteiger charge is -2.52. The first-order valence-electron chi connectivity index (χ1n) is 18.9. The topological polar surface area (TPSA) is 48.1 Å². The van der Waals surface area contributed by atoms with E-state index in [1.165, 1.54) is 51.4 Å². The second-order valence-corrected chi connectivity index (χ2v) is 22.1. The first kappa shape index (κ1) is 36.3. The lowest BCUT2D eigenvalue weighted by atomic mass is 9.61. The first-order chi connectivity index (χ1) is 20.6. The molecule has 0 spiro atoms. The van der Waals surface area contributed by atoms with E-state index >= 15 is 0 Å². The lowest BCUT2D eigenvalue weighted by molar-refractivity contribution is 0.144. The van der Waals surface area contributed by atoms with E-state index in [2.05, 4.69) is 144 Å². The third-order valence-corrected chi connectivity index (χ3v) is 11.8. The van der Waals surface area contributed by atoms with Crippen LogP contribution >= 0.6 is 0 Å². The van der Waals surface area contributed by atoms with Gasteiger partial charge in [0.1, 0.15) is 0 Å². The number of nitrogens with one attached hydrogen (secondary N) is 4. The van der Waals surface area contributed by atoms with E-state index in [1.54, 1.807) is 22.3 Å². The molecule has 1 aromatic rings. The number of piperidine rings is 4. The van der Waals surface area contributed by atoms with Gasteiger partial charge in [-0.2, -0.15) is 0 Å². The van der Waals surface area contributed by atoms with Crippen LogP contribution in [0.5, 0.6) is 0 Å². The largest absolute Gasteiger partial charge is 0.307 e. The molecule has 5 rings (SSSR count). The molecule has 0 saturated carbocycles. The standard InChI is InChI=1S/C42H74N4/c1-35(2)19-27(20-36(3,4)43-35)31-17-18-32(28-21-37(5,6)44-38(7,8)22-28)34(30-25-41(13,14)46-42(15,16)26-30)33(31)29-23-39(9,10)45-40(11,12)24-29/h17-18,27-30,43-46H,19-26H2,1-16H3. The van der Waals surface area contributed by atoms with Crippen molar-refractivity contribution in [2.45, 2.75) is 230 Å². The summed E-state index contributed by atoms with van der Waals surface area (Å²) in [5.74, 6) is 2.19. The average molecular weight is 635 g/mol. The van der Waals surface area contributed by atoms with Crippen LogP contribution in [0.3, 0.4) is 0 Å². The Balaban J connectivity index is 1.81. The highest BCUT2D eigenvalue weighted by atomic mass is 15.1. The summed E-state index contributed by atoms with van der Waals surface area (Å²) in [6.45, 7) is 39.1. The van der Waals surface area contributed by atoms with Crippen LogP contribution < -0.4 is 21.3 Å². The van der Waals surface area contributed by atoms with E-state index in [-0.39, 0.29) is 44.3 Å². The fraction of sp³-hybridized carbons (Fsp3) is 0.857. The summed E-state index contributed by atoms with van der Waals surface area (Å²) in [4.78, 5) is 0. The van der Waals surface area contributed by atoms with Crippen LogP contribution in [0, 0.1) is 0 Å². The Morgan fingerprint density at radius 2 is 0.500 bits per heavy atom. The van der Waals surface area contributed by atoms with Gasteiger partial charge in [-0.3, -0.25) is 0 Å². The molecule has 0 atom stereocenters. The SMILES string of the molecule is CC1(C)CC(c2ccc(C3CC(C)(C)NC(C)(C)C3)c(C3CC(C)(C)NC(C)(C)C3)c2C2CC(C)(C)NC(C)(C)C2)CC(C)(C)N1. The number of hydrogen-bond donors (Lipinski definition) is 4. The molecule has 4 nitrogen and oxygen atoms in total. The monoisotopic (exact) mass is 635 g/mol. The van der Waals surface area contributed by atoms with E-state index in [4.69, 9.17) is 0 Å². The summed E-state index contributed by atoms with van der Waals surface area (Å²) in [7, 11) is 0. The minimum absolute atomic E-state index is 0.0923. The minimum Gasteiger partial charge on any atom is -0.307 e. The average Bonchev–Trinajstić information content (AvgIpc) is 2.75. The zero-order chi connectivity index (χ0) is 34.5. The molecule has 1 aromatic carbocycles. The maximum absolute atomic E-state index is 4.05. The molecule has 4 saturated heterocycles. The molecule has 4 N–H and O–H groups in total. The summed E-state index contributed by atoms with van der Waals surface area (Å²) in [5, 5.41) is 16.1. The van der Waals surface area contributed by atoms with Gasteiger partial charge < -0.3 is 21.3 Å². The summed E-state index contributed by atoms with van der Waals surface area (Å²) < 4.78 is 0. The Morgan fingerprint density at radius 3 is 0.696 bits per heavy atom. The molecule has 4 heterocycles. The molecule has 4 aliphatic heterocycles. The van der Waals surface area contributed by atoms with Gasteiger partial charge in [0, 0.05) is 44.3 Å². The molecular weight excluding hydrogens is 560 g/mol. The summed E-state index contributed by atoms with van der Waals surface area (Å²) >= 11 is 0. The van der Waals surface area contributed by atoms with Crippen molar-refractivity contribution in [1.29, 1.82) is 0 Å². The Labute approximate surface area is 285 Å². The number of hydrogen-bond acceptors (Lipinski definition) is 4. The van der Waals surface area contributed by atoms with E-state index in [1.807, 2.05) is 0 Å². The van der Waals surface area contributed by atoms with Gasteiger partial charge in [0.2, 0.25) is 0 Å². The lowest BCUT2D eigenvalue weighted by Crippen LogP contribution is -2.59. The van der Waals surface area contributed by atoms with Gasteiger partial charge in [-0.05, 0) is 208 Å². The molecule has 0 aromatic heterocycles. The van der Waals surface area contributed by atoms with Gasteiger partial charge in [0.15, 0.2) is 0 Å². The van der Waals surface area contributed by atoms with Gasteiger partial charge in [0.05, 0.1) is 0 Å². The smallest absolute Gasteiger partial charge is 0.0135 e. The van der Waals surface area contributed by atoms with E-state index in [0.29, 0.717) is 23.7 Å². The van der Waals surface area contributed by atoms with Crippen molar-refractivity contribution in [2.75, 3.05) is 0 Å². The fourth-order valence-electron chi connectivity index (χ4n) is 12.4. The first-order valence-corrected chi connectivity index (χ1v) is 18.9. The van der Waals surface area contributed by atoms with Crippen molar-refractivity contribution < 1.29 is 0 Å². The fourth-order valence-corrected chi connectivity index (χ4v) is 12.4. The van der Waals surface area contributed by atoms with Crippen LogP contribution in [-0.4, -0.2) is 44.3 Å². The highest BCUT2D eigenvalue weighted by Gasteiger charge is 2.48. The minimum atomic E-state index is 0.0923. The van der Waals surface area contributed by atoms with E-state index in [0.717, 1.165) is 0 Å². The summed E-state index contributed by atoms with van der Waals surface area (Å²) in [5.41, 5.74) is 7.71. The number of rotatable bonds is 4. The summed E-state index contributed by atoms with van der Waals surface area (Å²) in [6.07, 6.45) is 9.54. The predicted molar refractivity (Wildman–Crippen MR) is 200 cm³/mol. The normalized spacial score (nSPS) is 30.6. The zero-order valence-corrected chi connectivity index (χ0v) is 33.1. The molecule has 0 aliphatic carbocycles. The van der Waals surface area contributed by atoms with Crippen molar-refractivity contribution in [1.82, 2.24) is 21.3 Å². The summed E-state index contributed by atoms with van der Waals surface area (Å²) in [6, 6.07) is 5.33. The number of benzene rings is 1. The predicted octanol–water partition coefficient (Wildman–Crippen LogP) is 9.78. The highest BCUT2D eigenvalue weighted by Crippen LogP contribution is 2.54. The molecule has 262 valence electrons. The van der Waals surface area contributed by atoms with Crippen molar-refractivity contribution in [2.24, 2.45) is 0 Å². The van der Waals surface area contributed by atoms with Crippen LogP contribution in [0.4, 0.5) is 0 Å². The molecule has 4 aliphatic rings. The van der Waals surface area contributed by atoms with Gasteiger partial charge in [0.25, 0.3) is 0 Å². The zero-order valence-electron chi connectivity index (χ0n) is 33.1. The van der Waals surface area contributed by atoms with Crippen molar-refractivity contribution >= 4 is 0 Å². The molecule has 0 radical (unpaired) electrons. The van der Waals surface area contributed by atoms with Crippen molar-refractivity contribution in [3.05, 3.63) is 34.4 Å². The maximum atomic E-state index is 4.05. The van der Waals surface area contributed by atoms with E-state index < -0.39 is 0 Å². The van der Waals surface area contributed by atoms with Gasteiger partial charge in [-0.1, -0.05) is 12.1 Å². The molecular formula is C42H74N4. The van der Waals surface area contributed by atoms with Crippen LogP contribution in [-0.2, 0) is 0 Å². The van der Waals surface area contributed by atoms with Gasteiger partial charge >= 0.3 is 0 Å². The van der Waals surface area contributed by atoms with Crippen molar-refractivity contribution in [3.8, 4) is 0 Å². The second-order valence-electron chi connectivity index (χ2n) is 22.1.